The second-order valence-corrected chi connectivity index (χ2v) is 7.47. The van der Waals surface area contributed by atoms with Crippen LogP contribution in [-0.2, 0) is 4.79 Å². The highest BCUT2D eigenvalue weighted by Crippen LogP contribution is 2.45. The first kappa shape index (κ1) is 18.3. The number of rotatable bonds is 3. The van der Waals surface area contributed by atoms with Gasteiger partial charge in [0.15, 0.2) is 0 Å². The average molecular weight is 381 g/mol. The topological polar surface area (TPSA) is 82.7 Å². The Morgan fingerprint density at radius 2 is 1.86 bits per heavy atom. The molecule has 3 atom stereocenters. The molecule has 0 spiro atoms. The van der Waals surface area contributed by atoms with Crippen molar-refractivity contribution >= 4 is 11.8 Å². The van der Waals surface area contributed by atoms with Crippen LogP contribution in [-0.4, -0.2) is 53.3 Å². The van der Waals surface area contributed by atoms with Crippen molar-refractivity contribution in [2.75, 3.05) is 26.7 Å². The van der Waals surface area contributed by atoms with Gasteiger partial charge in [-0.15, -0.1) is 0 Å². The largest absolute Gasteiger partial charge is 0.497 e. The molecule has 4 rings (SSSR count). The van der Waals surface area contributed by atoms with Crippen molar-refractivity contribution in [2.45, 2.75) is 13.0 Å². The summed E-state index contributed by atoms with van der Waals surface area (Å²) in [7, 11) is 1.62. The lowest BCUT2D eigenvalue weighted by Gasteiger charge is -2.29. The molecule has 0 saturated carbocycles. The number of pyridine rings is 1. The molecule has 1 aromatic carbocycles. The summed E-state index contributed by atoms with van der Waals surface area (Å²) in [5.74, 6) is 1.07. The molecule has 7 nitrogen and oxygen atoms in total. The van der Waals surface area contributed by atoms with Gasteiger partial charge in [0.2, 0.25) is 11.5 Å². The summed E-state index contributed by atoms with van der Waals surface area (Å²) in [5, 5.41) is 0. The summed E-state index contributed by atoms with van der Waals surface area (Å²) >= 11 is 0. The summed E-state index contributed by atoms with van der Waals surface area (Å²) in [4.78, 5) is 42.9. The van der Waals surface area contributed by atoms with Crippen LogP contribution in [0.3, 0.4) is 0 Å². The van der Waals surface area contributed by atoms with Crippen LogP contribution in [0.25, 0.3) is 0 Å². The molecule has 0 bridgehead atoms. The number of ether oxygens (including phenoxy) is 1. The Bertz CT molecular complexity index is 953. The van der Waals surface area contributed by atoms with Crippen LogP contribution < -0.4 is 10.3 Å². The number of hydrogen-bond acceptors (Lipinski definition) is 4. The quantitative estimate of drug-likeness (QED) is 0.877. The number of fused-ring (bicyclic) bond motifs is 1. The zero-order valence-electron chi connectivity index (χ0n) is 15.9. The molecule has 2 fully saturated rings. The molecule has 3 heterocycles. The summed E-state index contributed by atoms with van der Waals surface area (Å²) in [6.45, 7) is 3.39. The van der Waals surface area contributed by atoms with Gasteiger partial charge in [0.05, 0.1) is 13.2 Å². The molecular formula is C21H23N3O4. The monoisotopic (exact) mass is 381 g/mol. The van der Waals surface area contributed by atoms with Crippen molar-refractivity contribution in [1.82, 2.24) is 14.8 Å². The van der Waals surface area contributed by atoms with E-state index in [1.165, 1.54) is 12.3 Å². The number of hydrogen-bond donors (Lipinski definition) is 1. The lowest BCUT2D eigenvalue weighted by molar-refractivity contribution is -0.130. The second kappa shape index (κ2) is 7.14. The standard InChI is InChI=1S/C21H23N3O4/c1-13(25)24-11-16-10-23(21(27)15-7-8-22-19(26)9-15)12-18(16)20(24)14-3-5-17(28-2)6-4-14/h3-9,16,18,20H,10-12H2,1-2H3,(H,22,26)/t16-,18-,20+/m1/s1. The number of H-pyrrole nitrogens is 1. The molecule has 0 unspecified atom stereocenters. The number of nitrogens with zero attached hydrogens (tertiary/aromatic N) is 2. The lowest BCUT2D eigenvalue weighted by Crippen LogP contribution is -2.36. The molecule has 0 aliphatic carbocycles. The maximum Gasteiger partial charge on any atom is 0.254 e. The van der Waals surface area contributed by atoms with E-state index in [0.29, 0.717) is 25.2 Å². The van der Waals surface area contributed by atoms with E-state index in [-0.39, 0.29) is 35.3 Å². The van der Waals surface area contributed by atoms with E-state index < -0.39 is 0 Å². The predicted octanol–water partition coefficient (Wildman–Crippen LogP) is 1.68. The molecule has 2 aliphatic rings. The normalized spacial score (nSPS) is 23.6. The van der Waals surface area contributed by atoms with Crippen molar-refractivity contribution in [3.63, 3.8) is 0 Å². The fourth-order valence-corrected chi connectivity index (χ4v) is 4.52. The minimum absolute atomic E-state index is 0.0442. The smallest absolute Gasteiger partial charge is 0.254 e. The predicted molar refractivity (Wildman–Crippen MR) is 103 cm³/mol. The Morgan fingerprint density at radius 3 is 2.50 bits per heavy atom. The third-order valence-corrected chi connectivity index (χ3v) is 5.84. The number of carbonyl (C=O) groups is 2. The fourth-order valence-electron chi connectivity index (χ4n) is 4.52. The zero-order valence-corrected chi connectivity index (χ0v) is 15.9. The van der Waals surface area contributed by atoms with E-state index in [1.807, 2.05) is 29.2 Å². The number of nitrogens with one attached hydrogen (secondary N) is 1. The number of amides is 2. The molecule has 28 heavy (non-hydrogen) atoms. The van der Waals surface area contributed by atoms with Crippen LogP contribution >= 0.6 is 0 Å². The summed E-state index contributed by atoms with van der Waals surface area (Å²) in [5.41, 5.74) is 1.16. The minimum Gasteiger partial charge on any atom is -0.497 e. The van der Waals surface area contributed by atoms with Gasteiger partial charge in [-0.05, 0) is 23.8 Å². The fraction of sp³-hybridized carbons (Fsp3) is 0.381. The Kier molecular flexibility index (Phi) is 4.66. The molecule has 2 aromatic rings. The van der Waals surface area contributed by atoms with Gasteiger partial charge in [-0.1, -0.05) is 12.1 Å². The highest BCUT2D eigenvalue weighted by atomic mass is 16.5. The summed E-state index contributed by atoms with van der Waals surface area (Å²) < 4.78 is 5.24. The van der Waals surface area contributed by atoms with E-state index >= 15 is 0 Å². The Morgan fingerprint density at radius 1 is 1.11 bits per heavy atom. The van der Waals surface area contributed by atoms with Crippen molar-refractivity contribution in [1.29, 1.82) is 0 Å². The first-order chi connectivity index (χ1) is 13.5. The SMILES string of the molecule is COc1ccc([C@H]2[C@@H]3CN(C(=O)c4cc[nH]c(=O)c4)C[C@@H]3CN2C(C)=O)cc1. The number of aromatic amines is 1. The van der Waals surface area contributed by atoms with Crippen LogP contribution in [0, 0.1) is 11.8 Å². The maximum atomic E-state index is 12.8. The van der Waals surface area contributed by atoms with E-state index in [2.05, 4.69) is 4.98 Å². The van der Waals surface area contributed by atoms with Gasteiger partial charge in [-0.3, -0.25) is 14.4 Å². The molecular weight excluding hydrogens is 358 g/mol. The van der Waals surface area contributed by atoms with Crippen molar-refractivity contribution in [3.05, 3.63) is 64.1 Å². The summed E-state index contributed by atoms with van der Waals surface area (Å²) in [6.07, 6.45) is 1.49. The van der Waals surface area contributed by atoms with E-state index in [1.54, 1.807) is 25.0 Å². The van der Waals surface area contributed by atoms with Crippen LogP contribution in [0.5, 0.6) is 5.75 Å². The third-order valence-electron chi connectivity index (χ3n) is 5.84. The van der Waals surface area contributed by atoms with Gasteiger partial charge in [-0.25, -0.2) is 0 Å². The molecule has 2 aliphatic heterocycles. The Balaban J connectivity index is 1.59. The van der Waals surface area contributed by atoms with Crippen LogP contribution in [0.4, 0.5) is 0 Å². The van der Waals surface area contributed by atoms with Gasteiger partial charge in [-0.2, -0.15) is 0 Å². The Hall–Kier alpha value is -3.09. The Labute approximate surface area is 162 Å². The van der Waals surface area contributed by atoms with Gasteiger partial charge >= 0.3 is 0 Å². The molecule has 2 amide bonds. The lowest BCUT2D eigenvalue weighted by atomic mass is 9.89. The molecule has 1 N–H and O–H groups in total. The maximum absolute atomic E-state index is 12.8. The van der Waals surface area contributed by atoms with Crippen molar-refractivity contribution in [2.24, 2.45) is 11.8 Å². The van der Waals surface area contributed by atoms with Crippen LogP contribution in [0.2, 0.25) is 0 Å². The highest BCUT2D eigenvalue weighted by Gasteiger charge is 2.49. The zero-order chi connectivity index (χ0) is 19.8. The third kappa shape index (κ3) is 3.17. The highest BCUT2D eigenvalue weighted by molar-refractivity contribution is 5.94. The molecule has 0 radical (unpaired) electrons. The van der Waals surface area contributed by atoms with E-state index in [4.69, 9.17) is 4.74 Å². The number of aromatic nitrogens is 1. The summed E-state index contributed by atoms with van der Waals surface area (Å²) in [6, 6.07) is 10.7. The minimum atomic E-state index is -0.288. The molecule has 146 valence electrons. The number of benzene rings is 1. The average Bonchev–Trinajstić information content (AvgIpc) is 3.25. The van der Waals surface area contributed by atoms with E-state index in [0.717, 1.165) is 11.3 Å². The first-order valence-electron chi connectivity index (χ1n) is 9.37. The second-order valence-electron chi connectivity index (χ2n) is 7.47. The van der Waals surface area contributed by atoms with Gasteiger partial charge < -0.3 is 19.5 Å². The number of likely N-dealkylation sites (tertiary alicyclic amines) is 2. The van der Waals surface area contributed by atoms with E-state index in [9.17, 15) is 14.4 Å². The van der Waals surface area contributed by atoms with Crippen LogP contribution in [0.15, 0.2) is 47.4 Å². The van der Waals surface area contributed by atoms with Crippen molar-refractivity contribution in [3.8, 4) is 5.75 Å². The van der Waals surface area contributed by atoms with Crippen molar-refractivity contribution < 1.29 is 14.3 Å². The first-order valence-corrected chi connectivity index (χ1v) is 9.37. The molecule has 2 saturated heterocycles. The number of carbonyl (C=O) groups excluding carboxylic acids is 2. The molecule has 7 heteroatoms. The van der Waals surface area contributed by atoms with Gasteiger partial charge in [0, 0.05) is 56.2 Å². The molecule has 1 aromatic heterocycles. The van der Waals surface area contributed by atoms with Crippen LogP contribution in [0.1, 0.15) is 28.9 Å². The van der Waals surface area contributed by atoms with Gasteiger partial charge in [0.1, 0.15) is 5.75 Å². The van der Waals surface area contributed by atoms with Gasteiger partial charge in [0.25, 0.3) is 5.91 Å². The number of methoxy groups -OCH3 is 1.